The van der Waals surface area contributed by atoms with Crippen LogP contribution in [-0.2, 0) is 18.3 Å². The minimum absolute atomic E-state index is 0.0301. The zero-order chi connectivity index (χ0) is 30.1. The average molecular weight is 590 g/mol. The average Bonchev–Trinajstić information content (AvgIpc) is 3.18. The van der Waals surface area contributed by atoms with Crippen LogP contribution in [-0.4, -0.2) is 64.1 Å². The van der Waals surface area contributed by atoms with Gasteiger partial charge in [0, 0.05) is 18.9 Å². The molecule has 9 nitrogen and oxygen atoms in total. The van der Waals surface area contributed by atoms with Gasteiger partial charge in [-0.3, -0.25) is 9.36 Å². The Morgan fingerprint density at radius 3 is 2.10 bits per heavy atom. The molecule has 1 aliphatic rings. The second-order valence-corrected chi connectivity index (χ2v) is 23.1. The molecule has 40 heavy (non-hydrogen) atoms. The molecule has 0 saturated carbocycles. The van der Waals surface area contributed by atoms with Crippen LogP contribution in [0.1, 0.15) is 58.1 Å². The zero-order valence-electron chi connectivity index (χ0n) is 25.9. The van der Waals surface area contributed by atoms with Crippen molar-refractivity contribution in [1.29, 1.82) is 0 Å². The highest BCUT2D eigenvalue weighted by Gasteiger charge is 2.52. The molecule has 0 aliphatic carbocycles. The third-order valence-corrected chi connectivity index (χ3v) is 17.6. The highest BCUT2D eigenvalue weighted by Crippen LogP contribution is 2.43. The van der Waals surface area contributed by atoms with E-state index in [1.165, 1.54) is 4.57 Å². The fraction of sp³-hybridized carbons (Fsp3) is 0.621. The summed E-state index contributed by atoms with van der Waals surface area (Å²) in [5, 5.41) is 2.68. The van der Waals surface area contributed by atoms with Gasteiger partial charge in [-0.15, -0.1) is 0 Å². The summed E-state index contributed by atoms with van der Waals surface area (Å²) in [7, 11) is -2.71. The van der Waals surface area contributed by atoms with E-state index in [2.05, 4.69) is 78.0 Å². The van der Waals surface area contributed by atoms with E-state index < -0.39 is 46.9 Å². The van der Waals surface area contributed by atoms with Crippen LogP contribution >= 0.6 is 0 Å². The van der Waals surface area contributed by atoms with E-state index >= 15 is 0 Å². The van der Waals surface area contributed by atoms with Crippen LogP contribution in [0.4, 0.5) is 5.82 Å². The molecule has 4 atom stereocenters. The lowest BCUT2D eigenvalue weighted by Crippen LogP contribution is -2.51. The summed E-state index contributed by atoms with van der Waals surface area (Å²) in [6.45, 7) is 22.3. The van der Waals surface area contributed by atoms with Gasteiger partial charge in [-0.25, -0.2) is 4.79 Å². The Hall–Kier alpha value is -2.16. The molecule has 2 aromatic rings. The maximum atomic E-state index is 13.2. The number of carbonyl (C=O) groups is 1. The number of aromatic nitrogens is 2. The summed E-state index contributed by atoms with van der Waals surface area (Å²) in [5.41, 5.74) is -0.0859. The van der Waals surface area contributed by atoms with Gasteiger partial charge in [-0.2, -0.15) is 4.98 Å². The van der Waals surface area contributed by atoms with Crippen LogP contribution in [0.2, 0.25) is 36.3 Å². The van der Waals surface area contributed by atoms with Crippen molar-refractivity contribution in [2.75, 3.05) is 19.0 Å². The van der Waals surface area contributed by atoms with E-state index in [-0.39, 0.29) is 21.8 Å². The fourth-order valence-electron chi connectivity index (χ4n) is 3.94. The minimum atomic E-state index is -2.24. The number of carbonyl (C=O) groups excluding carboxylic acids is 1. The van der Waals surface area contributed by atoms with Gasteiger partial charge in [0.15, 0.2) is 22.9 Å². The second-order valence-electron chi connectivity index (χ2n) is 13.5. The van der Waals surface area contributed by atoms with Crippen molar-refractivity contribution < 1.29 is 23.1 Å². The molecule has 1 aromatic carbocycles. The van der Waals surface area contributed by atoms with Crippen molar-refractivity contribution >= 4 is 28.4 Å². The molecule has 0 bridgehead atoms. The molecule has 2 heterocycles. The van der Waals surface area contributed by atoms with Crippen LogP contribution < -0.4 is 11.0 Å². The molecular formula is C29H47N3O6Si2. The van der Waals surface area contributed by atoms with Crippen LogP contribution in [0.3, 0.4) is 0 Å². The number of ether oxygens (including phenoxy) is 2. The van der Waals surface area contributed by atoms with Crippen molar-refractivity contribution in [3.8, 4) is 0 Å². The van der Waals surface area contributed by atoms with E-state index in [0.717, 1.165) is 0 Å². The van der Waals surface area contributed by atoms with Gasteiger partial charge in [0.25, 0.3) is 5.91 Å². The standard InChI is InChI=1S/C29H47N3O6Si2/c1-28(2,3)39(8,9)36-19-21-23(38-40(10,11)29(4,5)6)24(35-7)26(37-21)32-18-17-22(31-27(32)34)30-25(33)20-15-13-12-14-16-20/h12-18,21,23-24,26H,19H2,1-11H3,(H,30,31,33,34)/t21-,23-,24-,26-/m1/s1. The number of hydrogen-bond donors (Lipinski definition) is 1. The lowest BCUT2D eigenvalue weighted by Gasteiger charge is -2.41. The summed E-state index contributed by atoms with van der Waals surface area (Å²) in [5.74, 6) is -0.184. The van der Waals surface area contributed by atoms with Gasteiger partial charge in [-0.05, 0) is 54.5 Å². The first-order chi connectivity index (χ1) is 18.4. The monoisotopic (exact) mass is 589 g/mol. The molecule has 222 valence electrons. The number of anilines is 1. The molecule has 1 fully saturated rings. The largest absolute Gasteiger partial charge is 0.414 e. The lowest BCUT2D eigenvalue weighted by molar-refractivity contribution is -0.0612. The Kier molecular flexibility index (Phi) is 9.70. The van der Waals surface area contributed by atoms with Crippen molar-refractivity contribution in [2.45, 2.75) is 102 Å². The van der Waals surface area contributed by atoms with Crippen molar-refractivity contribution in [1.82, 2.24) is 9.55 Å². The van der Waals surface area contributed by atoms with Crippen LogP contribution in [0, 0.1) is 0 Å². The molecule has 1 N–H and O–H groups in total. The Morgan fingerprint density at radius 2 is 1.57 bits per heavy atom. The summed E-state index contributed by atoms with van der Waals surface area (Å²) in [4.78, 5) is 29.9. The fourth-order valence-corrected chi connectivity index (χ4v) is 6.27. The molecule has 0 spiro atoms. The molecule has 1 amide bonds. The predicted molar refractivity (Wildman–Crippen MR) is 163 cm³/mol. The normalized spacial score (nSPS) is 22.4. The summed E-state index contributed by atoms with van der Waals surface area (Å²) in [6.07, 6.45) is -0.641. The topological polar surface area (TPSA) is 101 Å². The van der Waals surface area contributed by atoms with Gasteiger partial charge in [0.05, 0.1) is 6.61 Å². The molecule has 3 rings (SSSR count). The van der Waals surface area contributed by atoms with Crippen LogP contribution in [0.5, 0.6) is 0 Å². The smallest absolute Gasteiger partial charge is 0.351 e. The van der Waals surface area contributed by atoms with Gasteiger partial charge in [0.2, 0.25) is 0 Å². The maximum absolute atomic E-state index is 13.2. The van der Waals surface area contributed by atoms with E-state index in [0.29, 0.717) is 12.2 Å². The number of nitrogens with one attached hydrogen (secondary N) is 1. The molecular weight excluding hydrogens is 543 g/mol. The maximum Gasteiger partial charge on any atom is 0.351 e. The number of benzene rings is 1. The van der Waals surface area contributed by atoms with E-state index in [1.807, 2.05) is 6.07 Å². The van der Waals surface area contributed by atoms with Crippen LogP contribution in [0.15, 0.2) is 47.4 Å². The number of hydrogen-bond acceptors (Lipinski definition) is 7. The van der Waals surface area contributed by atoms with Gasteiger partial charge in [-0.1, -0.05) is 59.7 Å². The highest BCUT2D eigenvalue weighted by molar-refractivity contribution is 6.74. The van der Waals surface area contributed by atoms with Gasteiger partial charge < -0.3 is 23.6 Å². The predicted octanol–water partition coefficient (Wildman–Crippen LogP) is 5.82. The first kappa shape index (κ1) is 32.4. The van der Waals surface area contributed by atoms with E-state index in [1.54, 1.807) is 43.6 Å². The molecule has 1 saturated heterocycles. The summed E-state index contributed by atoms with van der Waals surface area (Å²) < 4.78 is 27.3. The summed E-state index contributed by atoms with van der Waals surface area (Å²) in [6, 6.07) is 10.4. The summed E-state index contributed by atoms with van der Waals surface area (Å²) >= 11 is 0. The number of methoxy groups -OCH3 is 1. The highest BCUT2D eigenvalue weighted by atomic mass is 28.4. The van der Waals surface area contributed by atoms with Gasteiger partial charge in [0.1, 0.15) is 24.1 Å². The molecule has 1 aliphatic heterocycles. The minimum Gasteiger partial charge on any atom is -0.414 e. The molecule has 0 unspecified atom stereocenters. The number of nitrogens with zero attached hydrogens (tertiary/aromatic N) is 2. The van der Waals surface area contributed by atoms with E-state index in [9.17, 15) is 9.59 Å². The number of amides is 1. The molecule has 0 radical (unpaired) electrons. The Labute approximate surface area is 240 Å². The third-order valence-electron chi connectivity index (χ3n) is 8.59. The van der Waals surface area contributed by atoms with Crippen molar-refractivity contribution in [2.24, 2.45) is 0 Å². The molecule has 11 heteroatoms. The third kappa shape index (κ3) is 7.18. The first-order valence-corrected chi connectivity index (χ1v) is 19.7. The zero-order valence-corrected chi connectivity index (χ0v) is 27.9. The Morgan fingerprint density at radius 1 is 0.975 bits per heavy atom. The first-order valence-electron chi connectivity index (χ1n) is 13.8. The Bertz CT molecular complexity index is 1220. The Balaban J connectivity index is 1.91. The van der Waals surface area contributed by atoms with E-state index in [4.69, 9.17) is 18.3 Å². The second kappa shape index (κ2) is 12.0. The van der Waals surface area contributed by atoms with Gasteiger partial charge >= 0.3 is 5.69 Å². The molecule has 1 aromatic heterocycles. The quantitative estimate of drug-likeness (QED) is 0.368. The number of rotatable bonds is 9. The van der Waals surface area contributed by atoms with Crippen molar-refractivity contribution in [3.05, 3.63) is 58.6 Å². The SMILES string of the molecule is CO[C@@H]1[C@H](O[Si](C)(C)C(C)(C)C)[C@@H](CO[Si](C)(C)C(C)(C)C)O[C@H]1n1ccc(NC(=O)c2ccccc2)nc1=O. The van der Waals surface area contributed by atoms with Crippen molar-refractivity contribution in [3.63, 3.8) is 0 Å². The lowest BCUT2D eigenvalue weighted by atomic mass is 10.1. The van der Waals surface area contributed by atoms with Crippen LogP contribution in [0.25, 0.3) is 0 Å².